The second kappa shape index (κ2) is 5.40. The van der Waals surface area contributed by atoms with Crippen LogP contribution in [0.25, 0.3) is 0 Å². The van der Waals surface area contributed by atoms with Gasteiger partial charge < -0.3 is 4.74 Å². The van der Waals surface area contributed by atoms with Crippen LogP contribution in [0.3, 0.4) is 0 Å². The third kappa shape index (κ3) is 2.91. The largest absolute Gasteiger partial charge is 0.457 e. The number of nitrogens with zero attached hydrogens (tertiary/aromatic N) is 2. The maximum absolute atomic E-state index is 11.8. The molecule has 92 valence electrons. The Kier molecular flexibility index (Phi) is 3.67. The lowest BCUT2D eigenvalue weighted by atomic mass is 10.2. The zero-order valence-electron chi connectivity index (χ0n) is 10.4. The van der Waals surface area contributed by atoms with Crippen molar-refractivity contribution in [3.8, 4) is 0 Å². The van der Waals surface area contributed by atoms with Crippen LogP contribution in [-0.2, 0) is 11.3 Å². The van der Waals surface area contributed by atoms with E-state index in [4.69, 9.17) is 4.74 Å². The van der Waals surface area contributed by atoms with Crippen molar-refractivity contribution in [2.45, 2.75) is 20.5 Å². The van der Waals surface area contributed by atoms with E-state index in [1.165, 1.54) is 6.20 Å². The molecule has 0 amide bonds. The van der Waals surface area contributed by atoms with Gasteiger partial charge in [0.1, 0.15) is 12.4 Å². The highest BCUT2D eigenvalue weighted by Crippen LogP contribution is 2.08. The van der Waals surface area contributed by atoms with Crippen LogP contribution in [0, 0.1) is 13.8 Å². The number of hydrogen-bond donors (Lipinski definition) is 0. The number of carbonyl (C=O) groups is 1. The fourth-order valence-corrected chi connectivity index (χ4v) is 1.58. The molecule has 1 heterocycles. The first-order valence-corrected chi connectivity index (χ1v) is 5.68. The van der Waals surface area contributed by atoms with E-state index in [1.807, 2.05) is 30.3 Å². The molecule has 1 aromatic carbocycles. The number of esters is 1. The zero-order chi connectivity index (χ0) is 13.0. The van der Waals surface area contributed by atoms with Crippen molar-refractivity contribution in [3.05, 3.63) is 59.2 Å². The van der Waals surface area contributed by atoms with Gasteiger partial charge in [0.05, 0.1) is 11.3 Å². The minimum Gasteiger partial charge on any atom is -0.457 e. The molecule has 1 aromatic heterocycles. The third-order valence-electron chi connectivity index (χ3n) is 2.53. The summed E-state index contributed by atoms with van der Waals surface area (Å²) in [5.74, 6) is 0.253. The van der Waals surface area contributed by atoms with Gasteiger partial charge in [0.2, 0.25) is 0 Å². The Bertz CT molecular complexity index is 553. The van der Waals surface area contributed by atoms with Crippen molar-refractivity contribution >= 4 is 5.97 Å². The summed E-state index contributed by atoms with van der Waals surface area (Å²) in [6.45, 7) is 3.81. The number of ether oxygens (including phenoxy) is 1. The smallest absolute Gasteiger partial charge is 0.341 e. The van der Waals surface area contributed by atoms with Gasteiger partial charge in [-0.25, -0.2) is 14.8 Å². The molecule has 0 spiro atoms. The highest BCUT2D eigenvalue weighted by Gasteiger charge is 2.12. The molecule has 0 atom stereocenters. The summed E-state index contributed by atoms with van der Waals surface area (Å²) in [5.41, 5.74) is 2.01. The fraction of sp³-hybridized carbons (Fsp3) is 0.214. The first-order valence-electron chi connectivity index (χ1n) is 5.68. The topological polar surface area (TPSA) is 52.1 Å². The van der Waals surface area contributed by atoms with E-state index < -0.39 is 5.97 Å². The van der Waals surface area contributed by atoms with Crippen molar-refractivity contribution in [1.29, 1.82) is 0 Å². The van der Waals surface area contributed by atoms with E-state index in [9.17, 15) is 4.79 Å². The molecule has 4 nitrogen and oxygen atoms in total. The number of rotatable bonds is 3. The van der Waals surface area contributed by atoms with Gasteiger partial charge in [-0.3, -0.25) is 0 Å². The second-order valence-electron chi connectivity index (χ2n) is 3.98. The lowest BCUT2D eigenvalue weighted by Crippen LogP contribution is -2.09. The molecule has 0 aliphatic rings. The molecule has 0 bridgehead atoms. The average Bonchev–Trinajstić information content (AvgIpc) is 2.37. The van der Waals surface area contributed by atoms with Crippen LogP contribution in [0.15, 0.2) is 36.5 Å². The predicted octanol–water partition coefficient (Wildman–Crippen LogP) is 2.45. The van der Waals surface area contributed by atoms with Crippen LogP contribution >= 0.6 is 0 Å². The van der Waals surface area contributed by atoms with E-state index in [2.05, 4.69) is 9.97 Å². The Morgan fingerprint density at radius 3 is 2.61 bits per heavy atom. The summed E-state index contributed by atoms with van der Waals surface area (Å²) in [6.07, 6.45) is 1.50. The standard InChI is InChI=1S/C14H14N2O2/c1-10-13(8-15-11(2)16-10)14(17)18-9-12-6-4-3-5-7-12/h3-8H,9H2,1-2H3. The highest BCUT2D eigenvalue weighted by molar-refractivity contribution is 5.90. The van der Waals surface area contributed by atoms with Crippen molar-refractivity contribution < 1.29 is 9.53 Å². The van der Waals surface area contributed by atoms with Crippen molar-refractivity contribution in [1.82, 2.24) is 9.97 Å². The Balaban J connectivity index is 2.04. The molecule has 0 radical (unpaired) electrons. The molecule has 0 unspecified atom stereocenters. The molecule has 2 rings (SSSR count). The predicted molar refractivity (Wildman–Crippen MR) is 67.1 cm³/mol. The SMILES string of the molecule is Cc1ncc(C(=O)OCc2ccccc2)c(C)n1. The van der Waals surface area contributed by atoms with Gasteiger partial charge in [0.25, 0.3) is 0 Å². The van der Waals surface area contributed by atoms with Crippen LogP contribution in [0.4, 0.5) is 0 Å². The quantitative estimate of drug-likeness (QED) is 0.776. The van der Waals surface area contributed by atoms with E-state index in [0.717, 1.165) is 5.56 Å². The second-order valence-corrected chi connectivity index (χ2v) is 3.98. The maximum Gasteiger partial charge on any atom is 0.341 e. The number of aromatic nitrogens is 2. The number of benzene rings is 1. The van der Waals surface area contributed by atoms with Crippen LogP contribution in [0.2, 0.25) is 0 Å². The summed E-state index contributed by atoms with van der Waals surface area (Å²) >= 11 is 0. The number of aryl methyl sites for hydroxylation is 2. The minimum absolute atomic E-state index is 0.257. The molecule has 0 fully saturated rings. The molecular formula is C14H14N2O2. The van der Waals surface area contributed by atoms with Gasteiger partial charge in [-0.05, 0) is 19.4 Å². The summed E-state index contributed by atoms with van der Waals surface area (Å²) in [5, 5.41) is 0. The van der Waals surface area contributed by atoms with Crippen LogP contribution in [-0.4, -0.2) is 15.9 Å². The van der Waals surface area contributed by atoms with Crippen molar-refractivity contribution in [2.75, 3.05) is 0 Å². The normalized spacial score (nSPS) is 10.1. The van der Waals surface area contributed by atoms with Crippen LogP contribution < -0.4 is 0 Å². The summed E-state index contributed by atoms with van der Waals surface area (Å²) in [6, 6.07) is 9.55. The molecule has 2 aromatic rings. The van der Waals surface area contributed by atoms with E-state index in [0.29, 0.717) is 17.1 Å². The molecule has 4 heteroatoms. The molecule has 18 heavy (non-hydrogen) atoms. The average molecular weight is 242 g/mol. The Morgan fingerprint density at radius 2 is 1.94 bits per heavy atom. The minimum atomic E-state index is -0.392. The monoisotopic (exact) mass is 242 g/mol. The highest BCUT2D eigenvalue weighted by atomic mass is 16.5. The molecule has 0 aliphatic carbocycles. The van der Waals surface area contributed by atoms with Crippen LogP contribution in [0.5, 0.6) is 0 Å². The van der Waals surface area contributed by atoms with Gasteiger partial charge in [0.15, 0.2) is 0 Å². The van der Waals surface area contributed by atoms with Crippen LogP contribution in [0.1, 0.15) is 27.4 Å². The summed E-state index contributed by atoms with van der Waals surface area (Å²) in [7, 11) is 0. The van der Waals surface area contributed by atoms with Gasteiger partial charge in [-0.1, -0.05) is 30.3 Å². The molecule has 0 saturated heterocycles. The maximum atomic E-state index is 11.8. The van der Waals surface area contributed by atoms with E-state index in [1.54, 1.807) is 13.8 Å². The molecule has 0 aliphatic heterocycles. The molecule has 0 N–H and O–H groups in total. The Morgan fingerprint density at radius 1 is 1.22 bits per heavy atom. The number of carbonyl (C=O) groups excluding carboxylic acids is 1. The zero-order valence-corrected chi connectivity index (χ0v) is 10.4. The van der Waals surface area contributed by atoms with Crippen molar-refractivity contribution in [2.24, 2.45) is 0 Å². The van der Waals surface area contributed by atoms with Gasteiger partial charge in [0, 0.05) is 6.20 Å². The van der Waals surface area contributed by atoms with Gasteiger partial charge in [-0.2, -0.15) is 0 Å². The first-order chi connectivity index (χ1) is 8.66. The summed E-state index contributed by atoms with van der Waals surface area (Å²) in [4.78, 5) is 20.0. The van der Waals surface area contributed by atoms with Gasteiger partial charge in [-0.15, -0.1) is 0 Å². The fourth-order valence-electron chi connectivity index (χ4n) is 1.58. The van der Waals surface area contributed by atoms with E-state index in [-0.39, 0.29) is 6.61 Å². The molecule has 0 saturated carbocycles. The molecular weight excluding hydrogens is 228 g/mol. The summed E-state index contributed by atoms with van der Waals surface area (Å²) < 4.78 is 5.22. The van der Waals surface area contributed by atoms with E-state index >= 15 is 0 Å². The lowest BCUT2D eigenvalue weighted by Gasteiger charge is -2.06. The van der Waals surface area contributed by atoms with Crippen molar-refractivity contribution in [3.63, 3.8) is 0 Å². The Hall–Kier alpha value is -2.23. The first kappa shape index (κ1) is 12.2. The number of hydrogen-bond acceptors (Lipinski definition) is 4. The lowest BCUT2D eigenvalue weighted by molar-refractivity contribution is 0.0470. The third-order valence-corrected chi connectivity index (χ3v) is 2.53. The Labute approximate surface area is 106 Å². The van der Waals surface area contributed by atoms with Gasteiger partial charge >= 0.3 is 5.97 Å².